The SMILES string of the molecule is Cc1c(C(=O)O)cnn1-c1cccc(Br)c1. The lowest BCUT2D eigenvalue weighted by Crippen LogP contribution is -2.02. The lowest BCUT2D eigenvalue weighted by Gasteiger charge is -2.04. The molecule has 1 aromatic heterocycles. The monoisotopic (exact) mass is 280 g/mol. The molecule has 82 valence electrons. The lowest BCUT2D eigenvalue weighted by atomic mass is 10.2. The number of rotatable bonds is 2. The number of carboxylic acids is 1. The van der Waals surface area contributed by atoms with Crippen molar-refractivity contribution in [3.05, 3.63) is 46.2 Å². The molecule has 1 N–H and O–H groups in total. The van der Waals surface area contributed by atoms with Gasteiger partial charge in [-0.15, -0.1) is 0 Å². The number of benzene rings is 1. The summed E-state index contributed by atoms with van der Waals surface area (Å²) in [6.45, 7) is 1.73. The van der Waals surface area contributed by atoms with E-state index in [1.807, 2.05) is 24.3 Å². The summed E-state index contributed by atoms with van der Waals surface area (Å²) in [6.07, 6.45) is 1.36. The molecule has 0 fully saturated rings. The first-order chi connectivity index (χ1) is 7.59. The molecule has 16 heavy (non-hydrogen) atoms. The van der Waals surface area contributed by atoms with Crippen LogP contribution >= 0.6 is 15.9 Å². The summed E-state index contributed by atoms with van der Waals surface area (Å²) in [7, 11) is 0. The van der Waals surface area contributed by atoms with Gasteiger partial charge in [0.2, 0.25) is 0 Å². The zero-order valence-electron chi connectivity index (χ0n) is 8.51. The van der Waals surface area contributed by atoms with Gasteiger partial charge in [0.25, 0.3) is 0 Å². The third kappa shape index (κ3) is 1.86. The summed E-state index contributed by atoms with van der Waals surface area (Å²) in [6, 6.07) is 7.53. The first-order valence-corrected chi connectivity index (χ1v) is 5.43. The Labute approximate surface area is 101 Å². The number of aromatic carboxylic acids is 1. The number of hydrogen-bond acceptors (Lipinski definition) is 2. The van der Waals surface area contributed by atoms with Gasteiger partial charge in [0, 0.05) is 4.47 Å². The van der Waals surface area contributed by atoms with Crippen LogP contribution in [-0.2, 0) is 0 Å². The van der Waals surface area contributed by atoms with Crippen molar-refractivity contribution >= 4 is 21.9 Å². The number of halogens is 1. The van der Waals surface area contributed by atoms with Crippen molar-refractivity contribution in [1.29, 1.82) is 0 Å². The van der Waals surface area contributed by atoms with Crippen molar-refractivity contribution in [1.82, 2.24) is 9.78 Å². The molecule has 2 rings (SSSR count). The Morgan fingerprint density at radius 2 is 2.25 bits per heavy atom. The van der Waals surface area contributed by atoms with Crippen LogP contribution in [0.1, 0.15) is 16.1 Å². The minimum absolute atomic E-state index is 0.222. The number of aromatic nitrogens is 2. The molecule has 1 aromatic carbocycles. The third-order valence-corrected chi connectivity index (χ3v) is 2.79. The normalized spacial score (nSPS) is 10.4. The maximum absolute atomic E-state index is 10.9. The summed E-state index contributed by atoms with van der Waals surface area (Å²) in [5.41, 5.74) is 1.67. The molecule has 5 heteroatoms. The van der Waals surface area contributed by atoms with Crippen LogP contribution in [-0.4, -0.2) is 20.9 Å². The third-order valence-electron chi connectivity index (χ3n) is 2.29. The van der Waals surface area contributed by atoms with Crippen LogP contribution in [0.4, 0.5) is 0 Å². The molecular weight excluding hydrogens is 272 g/mol. The van der Waals surface area contributed by atoms with Crippen molar-refractivity contribution in [2.45, 2.75) is 6.92 Å². The molecule has 0 bridgehead atoms. The second kappa shape index (κ2) is 4.09. The van der Waals surface area contributed by atoms with Crippen molar-refractivity contribution in [2.24, 2.45) is 0 Å². The number of carbonyl (C=O) groups is 1. The molecule has 1 heterocycles. The molecule has 2 aromatic rings. The van der Waals surface area contributed by atoms with Gasteiger partial charge in [-0.25, -0.2) is 9.48 Å². The molecule has 0 aliphatic rings. The molecule has 0 saturated heterocycles. The Morgan fingerprint density at radius 3 is 2.81 bits per heavy atom. The van der Waals surface area contributed by atoms with Crippen LogP contribution in [0.15, 0.2) is 34.9 Å². The first kappa shape index (κ1) is 10.9. The van der Waals surface area contributed by atoms with Crippen LogP contribution in [0.2, 0.25) is 0 Å². The summed E-state index contributed by atoms with van der Waals surface area (Å²) in [5.74, 6) is -0.959. The number of hydrogen-bond donors (Lipinski definition) is 1. The van der Waals surface area contributed by atoms with Gasteiger partial charge in [0.15, 0.2) is 0 Å². The Hall–Kier alpha value is -1.62. The largest absolute Gasteiger partial charge is 0.478 e. The minimum Gasteiger partial charge on any atom is -0.478 e. The lowest BCUT2D eigenvalue weighted by molar-refractivity contribution is 0.0696. The maximum atomic E-state index is 10.9. The highest BCUT2D eigenvalue weighted by Gasteiger charge is 2.13. The highest BCUT2D eigenvalue weighted by molar-refractivity contribution is 9.10. The van der Waals surface area contributed by atoms with Crippen LogP contribution in [0.25, 0.3) is 5.69 Å². The van der Waals surface area contributed by atoms with E-state index in [-0.39, 0.29) is 5.56 Å². The van der Waals surface area contributed by atoms with Crippen LogP contribution in [0.5, 0.6) is 0 Å². The van der Waals surface area contributed by atoms with Crippen molar-refractivity contribution < 1.29 is 9.90 Å². The van der Waals surface area contributed by atoms with E-state index < -0.39 is 5.97 Å². The Morgan fingerprint density at radius 1 is 1.50 bits per heavy atom. The number of carboxylic acid groups (broad SMARTS) is 1. The molecular formula is C11H9BrN2O2. The fourth-order valence-corrected chi connectivity index (χ4v) is 1.87. The van der Waals surface area contributed by atoms with Crippen molar-refractivity contribution in [3.8, 4) is 5.69 Å². The fraction of sp³-hybridized carbons (Fsp3) is 0.0909. The van der Waals surface area contributed by atoms with E-state index >= 15 is 0 Å². The van der Waals surface area contributed by atoms with E-state index in [9.17, 15) is 4.79 Å². The van der Waals surface area contributed by atoms with Gasteiger partial charge in [0.1, 0.15) is 5.56 Å². The second-order valence-corrected chi connectivity index (χ2v) is 4.26. The molecule has 0 aliphatic carbocycles. The van der Waals surface area contributed by atoms with Crippen LogP contribution in [0, 0.1) is 6.92 Å². The molecule has 0 atom stereocenters. The Bertz CT molecular complexity index is 549. The number of nitrogens with zero attached hydrogens (tertiary/aromatic N) is 2. The van der Waals surface area contributed by atoms with E-state index in [4.69, 9.17) is 5.11 Å². The van der Waals surface area contributed by atoms with E-state index in [0.717, 1.165) is 10.2 Å². The predicted octanol–water partition coefficient (Wildman–Crippen LogP) is 2.64. The second-order valence-electron chi connectivity index (χ2n) is 3.34. The fourth-order valence-electron chi connectivity index (χ4n) is 1.49. The summed E-state index contributed by atoms with van der Waals surface area (Å²) in [5, 5.41) is 13.0. The standard InChI is InChI=1S/C11H9BrN2O2/c1-7-10(11(15)16)6-13-14(7)9-4-2-3-8(12)5-9/h2-6H,1H3,(H,15,16). The first-order valence-electron chi connectivity index (χ1n) is 4.63. The van der Waals surface area contributed by atoms with Crippen LogP contribution in [0.3, 0.4) is 0 Å². The van der Waals surface area contributed by atoms with Gasteiger partial charge in [-0.05, 0) is 25.1 Å². The van der Waals surface area contributed by atoms with Gasteiger partial charge < -0.3 is 5.11 Å². The molecule has 0 radical (unpaired) electrons. The molecule has 0 amide bonds. The average Bonchev–Trinajstić information content (AvgIpc) is 2.60. The minimum atomic E-state index is -0.959. The maximum Gasteiger partial charge on any atom is 0.339 e. The molecule has 0 unspecified atom stereocenters. The highest BCUT2D eigenvalue weighted by atomic mass is 79.9. The zero-order valence-corrected chi connectivity index (χ0v) is 10.1. The van der Waals surface area contributed by atoms with Crippen molar-refractivity contribution in [2.75, 3.05) is 0 Å². The summed E-state index contributed by atoms with van der Waals surface area (Å²) >= 11 is 3.36. The van der Waals surface area contributed by atoms with E-state index in [1.165, 1.54) is 6.20 Å². The predicted molar refractivity (Wildman–Crippen MR) is 63.0 cm³/mol. The Balaban J connectivity index is 2.53. The van der Waals surface area contributed by atoms with Crippen LogP contribution < -0.4 is 0 Å². The summed E-state index contributed by atoms with van der Waals surface area (Å²) in [4.78, 5) is 10.9. The topological polar surface area (TPSA) is 55.1 Å². The van der Waals surface area contributed by atoms with Gasteiger partial charge >= 0.3 is 5.97 Å². The highest BCUT2D eigenvalue weighted by Crippen LogP contribution is 2.18. The molecule has 0 aliphatic heterocycles. The van der Waals surface area contributed by atoms with Crippen molar-refractivity contribution in [3.63, 3.8) is 0 Å². The molecule has 0 spiro atoms. The van der Waals surface area contributed by atoms with E-state index in [0.29, 0.717) is 5.69 Å². The molecule has 4 nitrogen and oxygen atoms in total. The van der Waals surface area contributed by atoms with E-state index in [2.05, 4.69) is 21.0 Å². The molecule has 0 saturated carbocycles. The van der Waals surface area contributed by atoms with Gasteiger partial charge in [-0.3, -0.25) is 0 Å². The van der Waals surface area contributed by atoms with Gasteiger partial charge in [-0.2, -0.15) is 5.10 Å². The quantitative estimate of drug-likeness (QED) is 0.920. The summed E-state index contributed by atoms with van der Waals surface area (Å²) < 4.78 is 2.53. The zero-order chi connectivity index (χ0) is 11.7. The Kier molecular flexibility index (Phi) is 2.78. The van der Waals surface area contributed by atoms with Gasteiger partial charge in [-0.1, -0.05) is 22.0 Å². The van der Waals surface area contributed by atoms with Gasteiger partial charge in [0.05, 0.1) is 17.6 Å². The smallest absolute Gasteiger partial charge is 0.339 e. The van der Waals surface area contributed by atoms with E-state index in [1.54, 1.807) is 11.6 Å². The average molecular weight is 281 g/mol.